The Bertz CT molecular complexity index is 330. The molecule has 5 nitrogen and oxygen atoms in total. The second kappa shape index (κ2) is 2.30. The van der Waals surface area contributed by atoms with Gasteiger partial charge in [-0.2, -0.15) is 5.10 Å². The number of carbonyl (C=O) groups is 1. The second-order valence-electron chi connectivity index (χ2n) is 2.96. The molecule has 64 valence electrons. The number of nitrogens with one attached hydrogen (secondary N) is 1. The van der Waals surface area contributed by atoms with Gasteiger partial charge in [-0.3, -0.25) is 4.79 Å². The fourth-order valence-electron chi connectivity index (χ4n) is 1.40. The molecule has 0 aliphatic carbocycles. The third kappa shape index (κ3) is 0.975. The minimum Gasteiger partial charge on any atom is -0.345 e. The van der Waals surface area contributed by atoms with Crippen LogP contribution in [0.3, 0.4) is 0 Å². The molecule has 0 saturated heterocycles. The van der Waals surface area contributed by atoms with Crippen LogP contribution in [0.15, 0.2) is 0 Å². The minimum atomic E-state index is -0.0209. The number of amides is 1. The Kier molecular flexibility index (Phi) is 1.39. The largest absolute Gasteiger partial charge is 0.345 e. The van der Waals surface area contributed by atoms with Gasteiger partial charge in [-0.25, -0.2) is 9.67 Å². The molecule has 0 spiro atoms. The maximum absolute atomic E-state index is 11.0. The Morgan fingerprint density at radius 2 is 2.42 bits per heavy atom. The zero-order valence-electron chi connectivity index (χ0n) is 7.03. The summed E-state index contributed by atoms with van der Waals surface area (Å²) in [6, 6.07) is -0.0209. The summed E-state index contributed by atoms with van der Waals surface area (Å²) in [6.07, 6.45) is 0. The normalized spacial score (nSPS) is 21.8. The summed E-state index contributed by atoms with van der Waals surface area (Å²) in [5, 5.41) is 6.88. The van der Waals surface area contributed by atoms with Gasteiger partial charge in [0.25, 0.3) is 0 Å². The van der Waals surface area contributed by atoms with E-state index in [-0.39, 0.29) is 11.9 Å². The first-order chi connectivity index (χ1) is 5.66. The molecule has 1 aliphatic heterocycles. The number of nitrogens with zero attached hydrogens (tertiary/aromatic N) is 3. The van der Waals surface area contributed by atoms with E-state index in [9.17, 15) is 4.79 Å². The quantitative estimate of drug-likeness (QED) is 0.579. The van der Waals surface area contributed by atoms with E-state index in [0.29, 0.717) is 12.4 Å². The molecule has 0 bridgehead atoms. The van der Waals surface area contributed by atoms with E-state index in [1.165, 1.54) is 0 Å². The van der Waals surface area contributed by atoms with Crippen LogP contribution in [0.25, 0.3) is 0 Å². The maximum Gasteiger partial charge on any atom is 0.242 e. The van der Waals surface area contributed by atoms with Crippen LogP contribution in [0.4, 0.5) is 0 Å². The first kappa shape index (κ1) is 7.27. The molecule has 12 heavy (non-hydrogen) atoms. The van der Waals surface area contributed by atoms with Gasteiger partial charge >= 0.3 is 0 Å². The number of aromatic nitrogens is 3. The Balaban J connectivity index is 2.46. The van der Waals surface area contributed by atoms with Gasteiger partial charge in [-0.1, -0.05) is 0 Å². The highest BCUT2D eigenvalue weighted by Crippen LogP contribution is 2.13. The van der Waals surface area contributed by atoms with E-state index in [2.05, 4.69) is 15.4 Å². The number of fused-ring (bicyclic) bond motifs is 1. The highest BCUT2D eigenvalue weighted by atomic mass is 16.2. The van der Waals surface area contributed by atoms with Crippen molar-refractivity contribution in [3.8, 4) is 0 Å². The molecule has 1 amide bonds. The van der Waals surface area contributed by atoms with Crippen molar-refractivity contribution in [2.45, 2.75) is 26.4 Å². The highest BCUT2D eigenvalue weighted by Gasteiger charge is 2.23. The van der Waals surface area contributed by atoms with E-state index in [1.54, 1.807) is 4.68 Å². The molecule has 2 rings (SSSR count). The number of aryl methyl sites for hydroxylation is 1. The Morgan fingerprint density at radius 3 is 3.17 bits per heavy atom. The van der Waals surface area contributed by atoms with Crippen LogP contribution >= 0.6 is 0 Å². The molecule has 1 N–H and O–H groups in total. The number of rotatable bonds is 0. The lowest BCUT2D eigenvalue weighted by Gasteiger charge is -2.19. The molecule has 1 aliphatic rings. The zero-order chi connectivity index (χ0) is 8.72. The first-order valence-electron chi connectivity index (χ1n) is 3.87. The van der Waals surface area contributed by atoms with Crippen molar-refractivity contribution in [3.63, 3.8) is 0 Å². The first-order valence-corrected chi connectivity index (χ1v) is 3.87. The molecule has 1 aromatic rings. The monoisotopic (exact) mass is 166 g/mol. The molecule has 0 saturated carbocycles. The van der Waals surface area contributed by atoms with Crippen LogP contribution in [-0.4, -0.2) is 20.7 Å². The van der Waals surface area contributed by atoms with Gasteiger partial charge in [-0.05, 0) is 13.8 Å². The third-order valence-corrected chi connectivity index (χ3v) is 1.86. The fourth-order valence-corrected chi connectivity index (χ4v) is 1.40. The van der Waals surface area contributed by atoms with Gasteiger partial charge in [0.1, 0.15) is 18.2 Å². The van der Waals surface area contributed by atoms with Crippen LogP contribution in [0.2, 0.25) is 0 Å². The number of hydrogen-bond acceptors (Lipinski definition) is 3. The number of hydrogen-bond donors (Lipinski definition) is 1. The zero-order valence-corrected chi connectivity index (χ0v) is 7.03. The molecule has 1 unspecified atom stereocenters. The van der Waals surface area contributed by atoms with Gasteiger partial charge in [0.2, 0.25) is 5.91 Å². The van der Waals surface area contributed by atoms with Crippen molar-refractivity contribution < 1.29 is 4.79 Å². The molecule has 5 heteroatoms. The Morgan fingerprint density at radius 1 is 1.67 bits per heavy atom. The lowest BCUT2D eigenvalue weighted by molar-refractivity contribution is -0.123. The van der Waals surface area contributed by atoms with Gasteiger partial charge in [0.15, 0.2) is 0 Å². The van der Waals surface area contributed by atoms with Crippen LogP contribution in [-0.2, 0) is 11.3 Å². The van der Waals surface area contributed by atoms with E-state index in [4.69, 9.17) is 0 Å². The molecular weight excluding hydrogens is 156 g/mol. The molecular formula is C7H10N4O. The summed E-state index contributed by atoms with van der Waals surface area (Å²) in [7, 11) is 0. The van der Waals surface area contributed by atoms with Crippen molar-refractivity contribution in [1.82, 2.24) is 20.1 Å². The molecule has 0 aromatic carbocycles. The third-order valence-electron chi connectivity index (χ3n) is 1.86. The van der Waals surface area contributed by atoms with Gasteiger partial charge < -0.3 is 5.32 Å². The van der Waals surface area contributed by atoms with Crippen molar-refractivity contribution in [2.24, 2.45) is 0 Å². The van der Waals surface area contributed by atoms with Crippen molar-refractivity contribution in [1.29, 1.82) is 0 Å². The van der Waals surface area contributed by atoms with E-state index in [1.807, 2.05) is 13.8 Å². The van der Waals surface area contributed by atoms with Crippen LogP contribution < -0.4 is 5.32 Å². The minimum absolute atomic E-state index is 0.0000926. The van der Waals surface area contributed by atoms with Crippen molar-refractivity contribution in [2.75, 3.05) is 0 Å². The van der Waals surface area contributed by atoms with Crippen LogP contribution in [0.1, 0.15) is 24.6 Å². The van der Waals surface area contributed by atoms with Crippen LogP contribution in [0, 0.1) is 6.92 Å². The molecule has 1 atom stereocenters. The summed E-state index contributed by atoms with van der Waals surface area (Å²) in [5.74, 6) is 1.56. The Labute approximate surface area is 69.8 Å². The average molecular weight is 166 g/mol. The highest BCUT2D eigenvalue weighted by molar-refractivity contribution is 5.77. The summed E-state index contributed by atoms with van der Waals surface area (Å²) in [4.78, 5) is 15.2. The summed E-state index contributed by atoms with van der Waals surface area (Å²) in [6.45, 7) is 4.01. The topological polar surface area (TPSA) is 59.8 Å². The van der Waals surface area contributed by atoms with Crippen molar-refractivity contribution in [3.05, 3.63) is 11.6 Å². The second-order valence-corrected chi connectivity index (χ2v) is 2.96. The average Bonchev–Trinajstić information content (AvgIpc) is 2.29. The summed E-state index contributed by atoms with van der Waals surface area (Å²) in [5.41, 5.74) is 0. The Hall–Kier alpha value is -1.39. The van der Waals surface area contributed by atoms with Gasteiger partial charge in [-0.15, -0.1) is 0 Å². The van der Waals surface area contributed by atoms with Gasteiger partial charge in [0.05, 0.1) is 6.04 Å². The fraction of sp³-hybridized carbons (Fsp3) is 0.571. The standard InChI is InChI=1S/C7H10N4O/c1-4-7-9-5(2)10-11(7)3-6(12)8-4/h4H,3H2,1-2H3,(H,8,12). The van der Waals surface area contributed by atoms with E-state index in [0.717, 1.165) is 5.82 Å². The lowest BCUT2D eigenvalue weighted by Crippen LogP contribution is -2.37. The maximum atomic E-state index is 11.0. The van der Waals surface area contributed by atoms with E-state index < -0.39 is 0 Å². The molecule has 1 aromatic heterocycles. The lowest BCUT2D eigenvalue weighted by atomic mass is 10.2. The van der Waals surface area contributed by atoms with Crippen LogP contribution in [0.5, 0.6) is 0 Å². The smallest absolute Gasteiger partial charge is 0.242 e. The molecule has 2 heterocycles. The number of carbonyl (C=O) groups excluding carboxylic acids is 1. The predicted octanol–water partition coefficient (Wildman–Crippen LogP) is -0.223. The molecule has 0 fully saturated rings. The molecule has 0 radical (unpaired) electrons. The predicted molar refractivity (Wildman–Crippen MR) is 41.3 cm³/mol. The SMILES string of the molecule is Cc1nc2n(n1)CC(=O)NC2C. The van der Waals surface area contributed by atoms with Crippen molar-refractivity contribution >= 4 is 5.91 Å². The summed E-state index contributed by atoms with van der Waals surface area (Å²) >= 11 is 0. The van der Waals surface area contributed by atoms with Gasteiger partial charge in [0, 0.05) is 0 Å². The summed E-state index contributed by atoms with van der Waals surface area (Å²) < 4.78 is 1.65. The van der Waals surface area contributed by atoms with E-state index >= 15 is 0 Å².